The number of hydrogen-bond donors (Lipinski definition) is 0. The van der Waals surface area contributed by atoms with Gasteiger partial charge in [-0.1, -0.05) is 0 Å². The third kappa shape index (κ3) is 2.94. The molecule has 0 N–H and O–H groups in total. The van der Waals surface area contributed by atoms with Crippen molar-refractivity contribution in [2.24, 2.45) is 11.8 Å². The zero-order chi connectivity index (χ0) is 12.3. The maximum Gasteiger partial charge on any atom is 0.308 e. The van der Waals surface area contributed by atoms with Gasteiger partial charge in [0.25, 0.3) is 0 Å². The number of ether oxygens (including phenoxy) is 1. The highest BCUT2D eigenvalue weighted by molar-refractivity contribution is 7.99. The van der Waals surface area contributed by atoms with Crippen LogP contribution in [0, 0.1) is 11.8 Å². The highest BCUT2D eigenvalue weighted by Crippen LogP contribution is 2.27. The number of rotatable bonds is 2. The van der Waals surface area contributed by atoms with Gasteiger partial charge in [-0.15, -0.1) is 0 Å². The van der Waals surface area contributed by atoms with Crippen molar-refractivity contribution in [1.82, 2.24) is 4.90 Å². The van der Waals surface area contributed by atoms with Crippen LogP contribution in [0.15, 0.2) is 0 Å². The minimum atomic E-state index is -0.131. The summed E-state index contributed by atoms with van der Waals surface area (Å²) in [6, 6.07) is 0. The second kappa shape index (κ2) is 5.76. The van der Waals surface area contributed by atoms with Gasteiger partial charge in [0.15, 0.2) is 0 Å². The number of thioether (sulfide) groups is 1. The largest absolute Gasteiger partial charge is 0.469 e. The summed E-state index contributed by atoms with van der Waals surface area (Å²) >= 11 is 1.86. The van der Waals surface area contributed by atoms with Crippen LogP contribution >= 0.6 is 11.8 Å². The molecule has 2 aliphatic rings. The molecule has 0 bridgehead atoms. The molecule has 2 saturated heterocycles. The molecule has 4 nitrogen and oxygen atoms in total. The lowest BCUT2D eigenvalue weighted by atomic mass is 9.95. The van der Waals surface area contributed by atoms with Gasteiger partial charge in [0.1, 0.15) is 0 Å². The van der Waals surface area contributed by atoms with Crippen LogP contribution in [0.1, 0.15) is 19.3 Å². The van der Waals surface area contributed by atoms with Gasteiger partial charge >= 0.3 is 5.97 Å². The van der Waals surface area contributed by atoms with Crippen molar-refractivity contribution in [1.29, 1.82) is 0 Å². The summed E-state index contributed by atoms with van der Waals surface area (Å²) in [6.45, 7) is 1.42. The summed E-state index contributed by atoms with van der Waals surface area (Å²) in [4.78, 5) is 25.4. The Kier molecular flexibility index (Phi) is 4.31. The van der Waals surface area contributed by atoms with Crippen LogP contribution in [0.5, 0.6) is 0 Å². The molecule has 1 amide bonds. The van der Waals surface area contributed by atoms with E-state index in [1.165, 1.54) is 7.11 Å². The monoisotopic (exact) mass is 257 g/mol. The van der Waals surface area contributed by atoms with Gasteiger partial charge < -0.3 is 9.64 Å². The molecule has 0 aromatic carbocycles. The minimum absolute atomic E-state index is 0.0120. The summed E-state index contributed by atoms with van der Waals surface area (Å²) in [6.07, 6.45) is 2.51. The van der Waals surface area contributed by atoms with Gasteiger partial charge in [0.2, 0.25) is 5.91 Å². The van der Waals surface area contributed by atoms with E-state index < -0.39 is 0 Å². The van der Waals surface area contributed by atoms with Crippen LogP contribution < -0.4 is 0 Å². The zero-order valence-corrected chi connectivity index (χ0v) is 11.0. The number of esters is 1. The van der Waals surface area contributed by atoms with E-state index >= 15 is 0 Å². The van der Waals surface area contributed by atoms with Gasteiger partial charge in [-0.05, 0) is 25.0 Å². The van der Waals surface area contributed by atoms with Gasteiger partial charge in [-0.25, -0.2) is 0 Å². The zero-order valence-electron chi connectivity index (χ0n) is 10.2. The molecule has 0 aromatic heterocycles. The van der Waals surface area contributed by atoms with Crippen molar-refractivity contribution in [3.8, 4) is 0 Å². The Morgan fingerprint density at radius 3 is 2.41 bits per heavy atom. The van der Waals surface area contributed by atoms with Crippen molar-refractivity contribution >= 4 is 23.6 Å². The van der Waals surface area contributed by atoms with Gasteiger partial charge in [-0.3, -0.25) is 9.59 Å². The quantitative estimate of drug-likeness (QED) is 0.696. The lowest BCUT2D eigenvalue weighted by Gasteiger charge is -2.32. The Hall–Kier alpha value is -0.710. The summed E-state index contributed by atoms with van der Waals surface area (Å²) < 4.78 is 4.74. The molecule has 1 atom stereocenters. The number of hydrogen-bond acceptors (Lipinski definition) is 4. The maximum absolute atomic E-state index is 12.1. The Morgan fingerprint density at radius 2 is 1.88 bits per heavy atom. The normalized spacial score (nSPS) is 25.9. The second-order valence-corrected chi connectivity index (χ2v) is 5.83. The molecule has 2 aliphatic heterocycles. The van der Waals surface area contributed by atoms with E-state index in [1.54, 1.807) is 0 Å². The number of piperidine rings is 1. The Morgan fingerprint density at radius 1 is 1.18 bits per heavy atom. The lowest BCUT2D eigenvalue weighted by molar-refractivity contribution is -0.149. The molecule has 2 fully saturated rings. The fourth-order valence-electron chi connectivity index (χ4n) is 2.49. The summed E-state index contributed by atoms with van der Waals surface area (Å²) in [5, 5.41) is 0. The van der Waals surface area contributed by atoms with Crippen molar-refractivity contribution in [2.75, 3.05) is 31.7 Å². The summed E-state index contributed by atoms with van der Waals surface area (Å²) in [7, 11) is 1.43. The predicted octanol–water partition coefficient (Wildman–Crippen LogP) is 1.15. The first-order valence-electron chi connectivity index (χ1n) is 6.16. The van der Waals surface area contributed by atoms with E-state index in [9.17, 15) is 9.59 Å². The van der Waals surface area contributed by atoms with Crippen LogP contribution in [0.2, 0.25) is 0 Å². The van der Waals surface area contributed by atoms with Crippen molar-refractivity contribution in [3.63, 3.8) is 0 Å². The predicted molar refractivity (Wildman–Crippen MR) is 66.8 cm³/mol. The van der Waals surface area contributed by atoms with E-state index in [1.807, 2.05) is 16.7 Å². The van der Waals surface area contributed by atoms with E-state index in [-0.39, 0.29) is 17.8 Å². The molecule has 0 aromatic rings. The summed E-state index contributed by atoms with van der Waals surface area (Å²) in [5.74, 6) is 2.44. The van der Waals surface area contributed by atoms with E-state index in [2.05, 4.69) is 0 Å². The van der Waals surface area contributed by atoms with Crippen LogP contribution in [0.4, 0.5) is 0 Å². The topological polar surface area (TPSA) is 46.6 Å². The molecule has 2 rings (SSSR count). The molecule has 17 heavy (non-hydrogen) atoms. The molecule has 0 spiro atoms. The van der Waals surface area contributed by atoms with E-state index in [0.29, 0.717) is 19.0 Å². The molecule has 5 heteroatoms. The standard InChI is InChI=1S/C12H19NO3S/c1-16-12(15)9-2-5-13(6-3-9)11(14)10-4-7-17-8-10/h9-10H,2-8H2,1H3. The number of methoxy groups -OCH3 is 1. The molecule has 96 valence electrons. The van der Waals surface area contributed by atoms with E-state index in [0.717, 1.165) is 30.8 Å². The first-order valence-corrected chi connectivity index (χ1v) is 7.32. The number of carbonyl (C=O) groups excluding carboxylic acids is 2. The SMILES string of the molecule is COC(=O)C1CCN(C(=O)C2CCSC2)CC1. The first-order chi connectivity index (χ1) is 8.22. The average Bonchev–Trinajstić information content (AvgIpc) is 2.91. The molecule has 0 radical (unpaired) electrons. The van der Waals surface area contributed by atoms with Crippen molar-refractivity contribution in [3.05, 3.63) is 0 Å². The third-order valence-corrected chi connectivity index (χ3v) is 4.78. The van der Waals surface area contributed by atoms with Crippen molar-refractivity contribution < 1.29 is 14.3 Å². The molecule has 0 aliphatic carbocycles. The molecular weight excluding hydrogens is 238 g/mol. The van der Waals surface area contributed by atoms with Crippen LogP contribution in [-0.2, 0) is 14.3 Å². The smallest absolute Gasteiger partial charge is 0.308 e. The maximum atomic E-state index is 12.1. The fraction of sp³-hybridized carbons (Fsp3) is 0.833. The molecule has 0 saturated carbocycles. The van der Waals surface area contributed by atoms with Crippen LogP contribution in [0.25, 0.3) is 0 Å². The van der Waals surface area contributed by atoms with Crippen LogP contribution in [-0.4, -0.2) is 48.5 Å². The first kappa shape index (κ1) is 12.7. The Bertz CT molecular complexity index is 294. The Balaban J connectivity index is 1.82. The van der Waals surface area contributed by atoms with Gasteiger partial charge in [0.05, 0.1) is 13.0 Å². The molecule has 1 unspecified atom stereocenters. The fourth-order valence-corrected chi connectivity index (χ4v) is 3.70. The molecular formula is C12H19NO3S. The van der Waals surface area contributed by atoms with Gasteiger partial charge in [0, 0.05) is 24.8 Å². The highest BCUT2D eigenvalue weighted by Gasteiger charge is 2.32. The number of amides is 1. The second-order valence-electron chi connectivity index (χ2n) is 4.68. The summed E-state index contributed by atoms with van der Waals surface area (Å²) in [5.41, 5.74) is 0. The number of likely N-dealkylation sites (tertiary alicyclic amines) is 1. The number of carbonyl (C=O) groups is 2. The highest BCUT2D eigenvalue weighted by atomic mass is 32.2. The Labute approximate surface area is 106 Å². The molecule has 2 heterocycles. The third-order valence-electron chi connectivity index (χ3n) is 3.62. The van der Waals surface area contributed by atoms with E-state index in [4.69, 9.17) is 4.74 Å². The number of nitrogens with zero attached hydrogens (tertiary/aromatic N) is 1. The van der Waals surface area contributed by atoms with Crippen LogP contribution in [0.3, 0.4) is 0 Å². The van der Waals surface area contributed by atoms with Gasteiger partial charge in [-0.2, -0.15) is 11.8 Å². The minimum Gasteiger partial charge on any atom is -0.469 e. The van der Waals surface area contributed by atoms with Crippen molar-refractivity contribution in [2.45, 2.75) is 19.3 Å². The average molecular weight is 257 g/mol. The lowest BCUT2D eigenvalue weighted by Crippen LogP contribution is -2.43.